The molecule has 164 valence electrons. The number of aliphatic hydroxyl groups is 1. The van der Waals surface area contributed by atoms with Crippen LogP contribution in [0.4, 0.5) is 0 Å². The molecule has 0 spiro atoms. The zero-order valence-electron chi connectivity index (χ0n) is 18.8. The molecule has 30 heavy (non-hydrogen) atoms. The molecule has 2 bridgehead atoms. The van der Waals surface area contributed by atoms with Crippen molar-refractivity contribution in [3.05, 3.63) is 35.9 Å². The molecule has 2 fully saturated rings. The van der Waals surface area contributed by atoms with Gasteiger partial charge in [-0.1, -0.05) is 51.1 Å². The highest BCUT2D eigenvalue weighted by Gasteiger charge is 2.70. The molecule has 2 saturated carbocycles. The molecule has 0 amide bonds. The maximum atomic E-state index is 13.2. The number of hydrogen-bond donors (Lipinski definition) is 1. The van der Waals surface area contributed by atoms with Crippen LogP contribution in [0.25, 0.3) is 0 Å². The summed E-state index contributed by atoms with van der Waals surface area (Å²) in [5, 5.41) is 11.4. The van der Waals surface area contributed by atoms with Gasteiger partial charge in [0.25, 0.3) is 0 Å². The minimum Gasteiger partial charge on any atom is -0.460 e. The van der Waals surface area contributed by atoms with Gasteiger partial charge in [0.15, 0.2) is 5.78 Å². The van der Waals surface area contributed by atoms with Crippen molar-refractivity contribution in [1.29, 1.82) is 0 Å². The van der Waals surface area contributed by atoms with E-state index in [2.05, 4.69) is 13.8 Å². The highest BCUT2D eigenvalue weighted by atomic mass is 16.5. The number of benzene rings is 1. The Kier molecular flexibility index (Phi) is 5.74. The molecular weight excluding hydrogens is 380 g/mol. The SMILES string of the molecule is CC(=O)[C@](C)(CCC(=O)[C@@]1(O)C[C@H]2CC[C@]1(C)C2(C)C)C(=O)OCc1ccccc1. The van der Waals surface area contributed by atoms with Crippen molar-refractivity contribution in [2.24, 2.45) is 22.2 Å². The molecule has 5 heteroatoms. The van der Waals surface area contributed by atoms with Gasteiger partial charge in [0.2, 0.25) is 0 Å². The maximum absolute atomic E-state index is 13.2. The molecule has 4 atom stereocenters. The molecule has 1 N–H and O–H groups in total. The van der Waals surface area contributed by atoms with Gasteiger partial charge in [0.1, 0.15) is 23.4 Å². The largest absolute Gasteiger partial charge is 0.460 e. The summed E-state index contributed by atoms with van der Waals surface area (Å²) in [5.41, 5.74) is -2.57. The molecule has 0 saturated heterocycles. The molecule has 0 unspecified atom stereocenters. The minimum absolute atomic E-state index is 0.0224. The first-order valence-corrected chi connectivity index (χ1v) is 10.9. The Morgan fingerprint density at radius 1 is 1.17 bits per heavy atom. The quantitative estimate of drug-likeness (QED) is 0.508. The van der Waals surface area contributed by atoms with E-state index in [1.165, 1.54) is 13.8 Å². The van der Waals surface area contributed by atoms with E-state index in [-0.39, 0.29) is 36.4 Å². The molecule has 0 aromatic heterocycles. The van der Waals surface area contributed by atoms with Crippen LogP contribution in [0, 0.1) is 22.2 Å². The van der Waals surface area contributed by atoms with Crippen molar-refractivity contribution in [3.63, 3.8) is 0 Å². The summed E-state index contributed by atoms with van der Waals surface area (Å²) < 4.78 is 5.41. The number of carbonyl (C=O) groups is 3. The number of hydrogen-bond acceptors (Lipinski definition) is 5. The first-order chi connectivity index (χ1) is 13.9. The highest BCUT2D eigenvalue weighted by Crippen LogP contribution is 2.70. The van der Waals surface area contributed by atoms with Gasteiger partial charge in [-0.25, -0.2) is 0 Å². The van der Waals surface area contributed by atoms with E-state index in [1.807, 2.05) is 37.3 Å². The van der Waals surface area contributed by atoms with Gasteiger partial charge in [-0.05, 0) is 56.4 Å². The Balaban J connectivity index is 1.69. The monoisotopic (exact) mass is 414 g/mol. The number of carbonyl (C=O) groups excluding carboxylic acids is 3. The van der Waals surface area contributed by atoms with Gasteiger partial charge in [0.05, 0.1) is 0 Å². The van der Waals surface area contributed by atoms with Crippen LogP contribution in [0.5, 0.6) is 0 Å². The standard InChI is InChI=1S/C25H34O5/c1-17(26)23(4,21(28)30-16-18-9-7-6-8-10-18)13-12-20(27)25(29)15-19-11-14-24(25,5)22(19,2)3/h6-10,19,29H,11-16H2,1-5H3/t19-,23+,24-,25+/m1/s1. The summed E-state index contributed by atoms with van der Waals surface area (Å²) in [4.78, 5) is 38.3. The van der Waals surface area contributed by atoms with E-state index < -0.39 is 22.4 Å². The minimum atomic E-state index is -1.41. The van der Waals surface area contributed by atoms with Gasteiger partial charge >= 0.3 is 5.97 Å². The number of esters is 1. The van der Waals surface area contributed by atoms with E-state index in [4.69, 9.17) is 4.74 Å². The van der Waals surface area contributed by atoms with Crippen molar-refractivity contribution in [2.75, 3.05) is 0 Å². The molecule has 1 aromatic rings. The second-order valence-corrected chi connectivity index (χ2v) is 10.2. The normalized spacial score (nSPS) is 31.2. The third-order valence-electron chi connectivity index (χ3n) is 8.64. The van der Waals surface area contributed by atoms with E-state index in [9.17, 15) is 19.5 Å². The molecule has 2 aliphatic rings. The predicted octanol–water partition coefficient (Wildman–Crippen LogP) is 4.25. The van der Waals surface area contributed by atoms with Crippen molar-refractivity contribution in [1.82, 2.24) is 0 Å². The van der Waals surface area contributed by atoms with Crippen LogP contribution >= 0.6 is 0 Å². The van der Waals surface area contributed by atoms with Crippen molar-refractivity contribution in [3.8, 4) is 0 Å². The zero-order chi connectivity index (χ0) is 22.4. The Hall–Kier alpha value is -2.01. The lowest BCUT2D eigenvalue weighted by atomic mass is 9.62. The second kappa shape index (κ2) is 7.60. The lowest BCUT2D eigenvalue weighted by molar-refractivity contribution is -0.162. The molecule has 0 aliphatic heterocycles. The molecule has 0 radical (unpaired) electrons. The maximum Gasteiger partial charge on any atom is 0.319 e. The first kappa shape index (κ1) is 22.7. The van der Waals surface area contributed by atoms with Crippen molar-refractivity contribution in [2.45, 2.75) is 78.9 Å². The van der Waals surface area contributed by atoms with Gasteiger partial charge in [-0.2, -0.15) is 0 Å². The summed E-state index contributed by atoms with van der Waals surface area (Å²) in [5.74, 6) is -0.909. The molecule has 1 aromatic carbocycles. The summed E-state index contributed by atoms with van der Waals surface area (Å²) >= 11 is 0. The number of rotatable bonds is 8. The molecule has 3 rings (SSSR count). The summed E-state index contributed by atoms with van der Waals surface area (Å²) in [6, 6.07) is 9.26. The predicted molar refractivity (Wildman–Crippen MR) is 113 cm³/mol. The second-order valence-electron chi connectivity index (χ2n) is 10.2. The average molecular weight is 415 g/mol. The molecular formula is C25H34O5. The zero-order valence-corrected chi connectivity index (χ0v) is 18.8. The first-order valence-electron chi connectivity index (χ1n) is 10.9. The fraction of sp³-hybridized carbons (Fsp3) is 0.640. The summed E-state index contributed by atoms with van der Waals surface area (Å²) in [7, 11) is 0. The van der Waals surface area contributed by atoms with Crippen LogP contribution in [0.15, 0.2) is 30.3 Å². The number of ketones is 2. The lowest BCUT2D eigenvalue weighted by Crippen LogP contribution is -2.53. The van der Waals surface area contributed by atoms with Gasteiger partial charge in [-0.15, -0.1) is 0 Å². The third kappa shape index (κ3) is 3.31. The Labute approximate surface area is 179 Å². The van der Waals surface area contributed by atoms with Gasteiger partial charge in [-0.3, -0.25) is 14.4 Å². The fourth-order valence-corrected chi connectivity index (χ4v) is 5.57. The average Bonchev–Trinajstić information content (AvgIpc) is 3.02. The van der Waals surface area contributed by atoms with Crippen LogP contribution < -0.4 is 0 Å². The highest BCUT2D eigenvalue weighted by molar-refractivity contribution is 6.03. The molecule has 2 aliphatic carbocycles. The van der Waals surface area contributed by atoms with Crippen LogP contribution in [-0.4, -0.2) is 28.2 Å². The molecule has 0 heterocycles. The smallest absolute Gasteiger partial charge is 0.319 e. The number of ether oxygens (including phenoxy) is 1. The van der Waals surface area contributed by atoms with E-state index >= 15 is 0 Å². The van der Waals surface area contributed by atoms with E-state index in [0.717, 1.165) is 18.4 Å². The Morgan fingerprint density at radius 3 is 2.30 bits per heavy atom. The van der Waals surface area contributed by atoms with Crippen molar-refractivity contribution < 1.29 is 24.2 Å². The number of Topliss-reactive ketones (excluding diaryl/α,β-unsaturated/α-hetero) is 2. The van der Waals surface area contributed by atoms with Crippen molar-refractivity contribution >= 4 is 17.5 Å². The van der Waals surface area contributed by atoms with Crippen LogP contribution in [0.2, 0.25) is 0 Å². The lowest BCUT2D eigenvalue weighted by Gasteiger charge is -2.44. The Bertz CT molecular complexity index is 844. The van der Waals surface area contributed by atoms with Crippen LogP contribution in [0.1, 0.15) is 72.3 Å². The van der Waals surface area contributed by atoms with Crippen LogP contribution in [-0.2, 0) is 25.7 Å². The van der Waals surface area contributed by atoms with Gasteiger partial charge < -0.3 is 9.84 Å². The Morgan fingerprint density at radius 2 is 1.80 bits per heavy atom. The summed E-state index contributed by atoms with van der Waals surface area (Å²) in [6.45, 7) is 9.25. The number of fused-ring (bicyclic) bond motifs is 2. The topological polar surface area (TPSA) is 80.7 Å². The van der Waals surface area contributed by atoms with Crippen LogP contribution in [0.3, 0.4) is 0 Å². The van der Waals surface area contributed by atoms with E-state index in [0.29, 0.717) is 12.3 Å². The third-order valence-corrected chi connectivity index (χ3v) is 8.64. The van der Waals surface area contributed by atoms with Gasteiger partial charge in [0, 0.05) is 11.8 Å². The van der Waals surface area contributed by atoms with E-state index in [1.54, 1.807) is 0 Å². The fourth-order valence-electron chi connectivity index (χ4n) is 5.57. The molecule has 5 nitrogen and oxygen atoms in total. The summed E-state index contributed by atoms with van der Waals surface area (Å²) in [6.07, 6.45) is 2.32.